The SMILES string of the molecule is CCCNC(CC(CC)CC)c1ccc(Cl)c(Cl)c1. The molecular weight excluding hydrogens is 277 g/mol. The molecule has 1 atom stereocenters. The van der Waals surface area contributed by atoms with E-state index >= 15 is 0 Å². The Hall–Kier alpha value is -0.240. The number of halogens is 2. The summed E-state index contributed by atoms with van der Waals surface area (Å²) >= 11 is 12.1. The van der Waals surface area contributed by atoms with E-state index < -0.39 is 0 Å². The molecule has 0 fully saturated rings. The van der Waals surface area contributed by atoms with E-state index in [2.05, 4.69) is 32.2 Å². The van der Waals surface area contributed by atoms with E-state index in [1.165, 1.54) is 18.4 Å². The summed E-state index contributed by atoms with van der Waals surface area (Å²) in [5, 5.41) is 4.90. The van der Waals surface area contributed by atoms with Crippen LogP contribution >= 0.6 is 23.2 Å². The van der Waals surface area contributed by atoms with Gasteiger partial charge in [-0.15, -0.1) is 0 Å². The highest BCUT2D eigenvalue weighted by molar-refractivity contribution is 6.42. The summed E-state index contributed by atoms with van der Waals surface area (Å²) in [6, 6.07) is 6.36. The summed E-state index contributed by atoms with van der Waals surface area (Å²) in [5.41, 5.74) is 1.25. The van der Waals surface area contributed by atoms with Crippen molar-refractivity contribution < 1.29 is 0 Å². The first kappa shape index (κ1) is 16.8. The second kappa shape index (κ2) is 8.84. The molecule has 0 saturated carbocycles. The second-order valence-electron chi connectivity index (χ2n) is 5.10. The molecule has 1 N–H and O–H groups in total. The first-order valence-corrected chi connectivity index (χ1v) is 8.06. The maximum absolute atomic E-state index is 6.14. The molecule has 108 valence electrons. The van der Waals surface area contributed by atoms with Crippen molar-refractivity contribution in [3.8, 4) is 0 Å². The fraction of sp³-hybridized carbons (Fsp3) is 0.625. The Kier molecular flexibility index (Phi) is 7.82. The third-order valence-electron chi connectivity index (χ3n) is 3.71. The Morgan fingerprint density at radius 3 is 2.26 bits per heavy atom. The van der Waals surface area contributed by atoms with Crippen LogP contribution in [-0.4, -0.2) is 6.54 Å². The first-order valence-electron chi connectivity index (χ1n) is 7.30. The lowest BCUT2D eigenvalue weighted by molar-refractivity contribution is 0.371. The minimum absolute atomic E-state index is 0.375. The molecule has 1 rings (SSSR count). The molecule has 3 heteroatoms. The van der Waals surface area contributed by atoms with Gasteiger partial charge in [0.25, 0.3) is 0 Å². The maximum Gasteiger partial charge on any atom is 0.0595 e. The van der Waals surface area contributed by atoms with Gasteiger partial charge in [0.2, 0.25) is 0 Å². The largest absolute Gasteiger partial charge is 0.310 e. The number of rotatable bonds is 8. The van der Waals surface area contributed by atoms with Gasteiger partial charge >= 0.3 is 0 Å². The average molecular weight is 302 g/mol. The van der Waals surface area contributed by atoms with Gasteiger partial charge in [0.15, 0.2) is 0 Å². The molecule has 19 heavy (non-hydrogen) atoms. The van der Waals surface area contributed by atoms with Gasteiger partial charge in [0.1, 0.15) is 0 Å². The van der Waals surface area contributed by atoms with E-state index in [0.29, 0.717) is 16.1 Å². The molecule has 1 aromatic rings. The lowest BCUT2D eigenvalue weighted by atomic mass is 9.91. The van der Waals surface area contributed by atoms with Crippen LogP contribution < -0.4 is 5.32 Å². The summed E-state index contributed by atoms with van der Waals surface area (Å²) in [4.78, 5) is 0. The Morgan fingerprint density at radius 2 is 1.74 bits per heavy atom. The summed E-state index contributed by atoms with van der Waals surface area (Å²) < 4.78 is 0. The number of hydrogen-bond acceptors (Lipinski definition) is 1. The highest BCUT2D eigenvalue weighted by atomic mass is 35.5. The van der Waals surface area contributed by atoms with Gasteiger partial charge < -0.3 is 5.32 Å². The van der Waals surface area contributed by atoms with Crippen LogP contribution in [-0.2, 0) is 0 Å². The fourth-order valence-corrected chi connectivity index (χ4v) is 2.65. The Bertz CT molecular complexity index is 375. The summed E-state index contributed by atoms with van der Waals surface area (Å²) in [6.45, 7) is 7.75. The third kappa shape index (κ3) is 5.33. The normalized spacial score (nSPS) is 12.9. The Balaban J connectivity index is 2.85. The van der Waals surface area contributed by atoms with Crippen molar-refractivity contribution in [3.63, 3.8) is 0 Å². The highest BCUT2D eigenvalue weighted by Crippen LogP contribution is 2.30. The Labute approximate surface area is 127 Å². The summed E-state index contributed by atoms with van der Waals surface area (Å²) in [7, 11) is 0. The zero-order chi connectivity index (χ0) is 14.3. The predicted molar refractivity (Wildman–Crippen MR) is 86.2 cm³/mol. The molecule has 0 spiro atoms. The lowest BCUT2D eigenvalue weighted by Crippen LogP contribution is -2.24. The monoisotopic (exact) mass is 301 g/mol. The smallest absolute Gasteiger partial charge is 0.0595 e. The molecule has 0 aliphatic carbocycles. The van der Waals surface area contributed by atoms with Crippen molar-refractivity contribution >= 4 is 23.2 Å². The molecule has 0 heterocycles. The molecule has 0 aliphatic heterocycles. The minimum atomic E-state index is 0.375. The molecule has 0 aliphatic rings. The maximum atomic E-state index is 6.14. The number of benzene rings is 1. The molecule has 0 amide bonds. The van der Waals surface area contributed by atoms with Crippen LogP contribution in [0.4, 0.5) is 0 Å². The van der Waals surface area contributed by atoms with Crippen molar-refractivity contribution in [1.82, 2.24) is 5.32 Å². The predicted octanol–water partition coefficient (Wildman–Crippen LogP) is 5.86. The van der Waals surface area contributed by atoms with Gasteiger partial charge in [0.05, 0.1) is 10.0 Å². The van der Waals surface area contributed by atoms with Gasteiger partial charge in [0, 0.05) is 6.04 Å². The molecule has 0 saturated heterocycles. The molecule has 0 bridgehead atoms. The third-order valence-corrected chi connectivity index (χ3v) is 4.45. The van der Waals surface area contributed by atoms with Crippen LogP contribution in [0.1, 0.15) is 58.1 Å². The van der Waals surface area contributed by atoms with Crippen LogP contribution in [0.2, 0.25) is 10.0 Å². The molecule has 1 aromatic carbocycles. The van der Waals surface area contributed by atoms with Crippen LogP contribution in [0.5, 0.6) is 0 Å². The topological polar surface area (TPSA) is 12.0 Å². The summed E-state index contributed by atoms with van der Waals surface area (Å²) in [5.74, 6) is 0.754. The van der Waals surface area contributed by atoms with E-state index in [9.17, 15) is 0 Å². The van der Waals surface area contributed by atoms with Gasteiger partial charge in [-0.1, -0.05) is 62.9 Å². The van der Waals surface area contributed by atoms with E-state index in [1.54, 1.807) is 0 Å². The molecular formula is C16H25Cl2N. The van der Waals surface area contributed by atoms with E-state index in [0.717, 1.165) is 25.3 Å². The molecule has 0 aromatic heterocycles. The molecule has 0 radical (unpaired) electrons. The summed E-state index contributed by atoms with van der Waals surface area (Å²) in [6.07, 6.45) is 4.75. The molecule has 1 nitrogen and oxygen atoms in total. The zero-order valence-electron chi connectivity index (χ0n) is 12.2. The minimum Gasteiger partial charge on any atom is -0.310 e. The zero-order valence-corrected chi connectivity index (χ0v) is 13.7. The van der Waals surface area contributed by atoms with E-state index in [1.807, 2.05) is 12.1 Å². The average Bonchev–Trinajstić information content (AvgIpc) is 2.42. The van der Waals surface area contributed by atoms with Gasteiger partial charge in [-0.25, -0.2) is 0 Å². The Morgan fingerprint density at radius 1 is 1.05 bits per heavy atom. The standard InChI is InChI=1S/C16H25Cl2N/c1-4-9-19-16(10-12(5-2)6-3)13-7-8-14(17)15(18)11-13/h7-8,11-12,16,19H,4-6,9-10H2,1-3H3. The molecule has 1 unspecified atom stereocenters. The van der Waals surface area contributed by atoms with Gasteiger partial charge in [-0.05, 0) is 43.0 Å². The quantitative estimate of drug-likeness (QED) is 0.634. The first-order chi connectivity index (χ1) is 9.12. The van der Waals surface area contributed by atoms with Crippen LogP contribution in [0.25, 0.3) is 0 Å². The van der Waals surface area contributed by atoms with Gasteiger partial charge in [-0.3, -0.25) is 0 Å². The lowest BCUT2D eigenvalue weighted by Gasteiger charge is -2.24. The van der Waals surface area contributed by atoms with Crippen molar-refractivity contribution in [2.75, 3.05) is 6.54 Å². The van der Waals surface area contributed by atoms with Crippen molar-refractivity contribution in [1.29, 1.82) is 0 Å². The van der Waals surface area contributed by atoms with E-state index in [4.69, 9.17) is 23.2 Å². The van der Waals surface area contributed by atoms with Crippen molar-refractivity contribution in [2.24, 2.45) is 5.92 Å². The highest BCUT2D eigenvalue weighted by Gasteiger charge is 2.16. The van der Waals surface area contributed by atoms with Crippen molar-refractivity contribution in [3.05, 3.63) is 33.8 Å². The number of hydrogen-bond donors (Lipinski definition) is 1. The van der Waals surface area contributed by atoms with Crippen molar-refractivity contribution in [2.45, 2.75) is 52.5 Å². The van der Waals surface area contributed by atoms with Crippen LogP contribution in [0.3, 0.4) is 0 Å². The van der Waals surface area contributed by atoms with E-state index in [-0.39, 0.29) is 0 Å². The van der Waals surface area contributed by atoms with Crippen LogP contribution in [0.15, 0.2) is 18.2 Å². The number of nitrogens with one attached hydrogen (secondary N) is 1. The second-order valence-corrected chi connectivity index (χ2v) is 5.91. The van der Waals surface area contributed by atoms with Crippen LogP contribution in [0, 0.1) is 5.92 Å². The fourth-order valence-electron chi connectivity index (χ4n) is 2.34. The van der Waals surface area contributed by atoms with Gasteiger partial charge in [-0.2, -0.15) is 0 Å².